The van der Waals surface area contributed by atoms with Crippen LogP contribution in [0, 0.1) is 0 Å². The average molecular weight is 583 g/mol. The Bertz CT molecular complexity index is 1400. The highest BCUT2D eigenvalue weighted by Gasteiger charge is 2.18. The molecule has 1 unspecified atom stereocenters. The van der Waals surface area contributed by atoms with Crippen LogP contribution in [0.5, 0.6) is 17.2 Å². The Morgan fingerprint density at radius 1 is 0.767 bits per heavy atom. The lowest BCUT2D eigenvalue weighted by atomic mass is 10.1. The van der Waals surface area contributed by atoms with E-state index >= 15 is 0 Å². The SMILES string of the molecule is CCOC(Cc1ccc(OCCN(CCCc2ccccc2)C(=O)Nc2ccc(Oc3ccccc3)cc2)cc1)C(=O)O. The summed E-state index contributed by atoms with van der Waals surface area (Å²) < 4.78 is 17.1. The molecular weight excluding hydrogens is 544 g/mol. The van der Waals surface area contributed by atoms with E-state index in [9.17, 15) is 14.7 Å². The normalized spacial score (nSPS) is 11.4. The minimum Gasteiger partial charge on any atom is -0.492 e. The number of rotatable bonds is 16. The standard InChI is InChI=1S/C35H38N2O6/c1-2-41-33(34(38)39)26-28-15-19-30(20-16-28)42-25-24-37(23-9-12-27-10-5-3-6-11-27)35(40)36-29-17-21-32(22-18-29)43-31-13-7-4-8-14-31/h3-8,10-11,13-22,33H,2,9,12,23-26H2,1H3,(H,36,40)(H,38,39). The van der Waals surface area contributed by atoms with Gasteiger partial charge in [-0.2, -0.15) is 0 Å². The average Bonchev–Trinajstić information content (AvgIpc) is 3.03. The molecule has 0 heterocycles. The number of hydrogen-bond acceptors (Lipinski definition) is 5. The van der Waals surface area contributed by atoms with Crippen LogP contribution in [0.3, 0.4) is 0 Å². The number of urea groups is 1. The number of carbonyl (C=O) groups excluding carboxylic acids is 1. The van der Waals surface area contributed by atoms with Crippen LogP contribution in [0.2, 0.25) is 0 Å². The third kappa shape index (κ3) is 10.5. The van der Waals surface area contributed by atoms with Crippen molar-refractivity contribution in [3.63, 3.8) is 0 Å². The summed E-state index contributed by atoms with van der Waals surface area (Å²) in [4.78, 5) is 26.4. The predicted octanol–water partition coefficient (Wildman–Crippen LogP) is 7.06. The van der Waals surface area contributed by atoms with E-state index in [-0.39, 0.29) is 12.5 Å². The van der Waals surface area contributed by atoms with Crippen LogP contribution in [0.4, 0.5) is 10.5 Å². The third-order valence-corrected chi connectivity index (χ3v) is 6.73. The second kappa shape index (κ2) is 16.6. The van der Waals surface area contributed by atoms with Gasteiger partial charge in [-0.05, 0) is 79.4 Å². The van der Waals surface area contributed by atoms with Crippen LogP contribution >= 0.6 is 0 Å². The van der Waals surface area contributed by atoms with E-state index in [0.29, 0.717) is 43.5 Å². The molecule has 0 radical (unpaired) electrons. The van der Waals surface area contributed by atoms with Crippen molar-refractivity contribution in [2.45, 2.75) is 32.3 Å². The van der Waals surface area contributed by atoms with Gasteiger partial charge in [0.05, 0.1) is 6.54 Å². The van der Waals surface area contributed by atoms with Crippen molar-refractivity contribution in [2.24, 2.45) is 0 Å². The van der Waals surface area contributed by atoms with E-state index < -0.39 is 12.1 Å². The molecule has 0 fully saturated rings. The second-order valence-electron chi connectivity index (χ2n) is 9.92. The van der Waals surface area contributed by atoms with Crippen molar-refractivity contribution < 1.29 is 28.9 Å². The third-order valence-electron chi connectivity index (χ3n) is 6.73. The molecule has 224 valence electrons. The Kier molecular flexibility index (Phi) is 12.0. The minimum absolute atomic E-state index is 0.209. The molecule has 0 aliphatic carbocycles. The largest absolute Gasteiger partial charge is 0.492 e. The highest BCUT2D eigenvalue weighted by molar-refractivity contribution is 5.89. The van der Waals surface area contributed by atoms with E-state index in [1.165, 1.54) is 5.56 Å². The predicted molar refractivity (Wildman–Crippen MR) is 167 cm³/mol. The lowest BCUT2D eigenvalue weighted by molar-refractivity contribution is -0.149. The first-order valence-corrected chi connectivity index (χ1v) is 14.5. The fourth-order valence-electron chi connectivity index (χ4n) is 4.50. The molecule has 0 bridgehead atoms. The molecule has 0 aromatic heterocycles. The fourth-order valence-corrected chi connectivity index (χ4v) is 4.50. The van der Waals surface area contributed by atoms with Crippen LogP contribution in [0.1, 0.15) is 24.5 Å². The molecule has 0 spiro atoms. The molecule has 4 rings (SSSR count). The van der Waals surface area contributed by atoms with Crippen LogP contribution in [-0.2, 0) is 22.4 Å². The van der Waals surface area contributed by atoms with Gasteiger partial charge in [0, 0.05) is 25.3 Å². The smallest absolute Gasteiger partial charge is 0.333 e. The number of ether oxygens (including phenoxy) is 3. The van der Waals surface area contributed by atoms with Gasteiger partial charge in [0.15, 0.2) is 6.10 Å². The first-order valence-electron chi connectivity index (χ1n) is 14.5. The van der Waals surface area contributed by atoms with Crippen molar-refractivity contribution in [2.75, 3.05) is 31.6 Å². The number of carboxylic acid groups (broad SMARTS) is 1. The molecular formula is C35H38N2O6. The van der Waals surface area contributed by atoms with Crippen LogP contribution in [-0.4, -0.2) is 54.4 Å². The lowest BCUT2D eigenvalue weighted by Gasteiger charge is -2.23. The summed E-state index contributed by atoms with van der Waals surface area (Å²) in [6, 6.07) is 34.1. The number of aryl methyl sites for hydroxylation is 1. The molecule has 4 aromatic carbocycles. The van der Waals surface area contributed by atoms with Crippen LogP contribution in [0.15, 0.2) is 109 Å². The number of anilines is 1. The zero-order valence-electron chi connectivity index (χ0n) is 24.4. The molecule has 4 aromatic rings. The molecule has 0 aliphatic rings. The summed E-state index contributed by atoms with van der Waals surface area (Å²) in [5.41, 5.74) is 2.74. The number of aliphatic carboxylic acids is 1. The number of nitrogens with zero attached hydrogens (tertiary/aromatic N) is 1. The summed E-state index contributed by atoms with van der Waals surface area (Å²) in [5, 5.41) is 12.3. The van der Waals surface area contributed by atoms with Gasteiger partial charge in [-0.3, -0.25) is 0 Å². The van der Waals surface area contributed by atoms with E-state index in [0.717, 1.165) is 24.2 Å². The summed E-state index contributed by atoms with van der Waals surface area (Å²) in [5.74, 6) is 1.09. The quantitative estimate of drug-likeness (QED) is 0.147. The van der Waals surface area contributed by atoms with Gasteiger partial charge in [-0.1, -0.05) is 60.7 Å². The maximum Gasteiger partial charge on any atom is 0.333 e. The van der Waals surface area contributed by atoms with Gasteiger partial charge in [0.2, 0.25) is 0 Å². The Labute approximate surface area is 252 Å². The number of nitrogens with one attached hydrogen (secondary N) is 1. The summed E-state index contributed by atoms with van der Waals surface area (Å²) in [6.07, 6.45) is 1.06. The van der Waals surface area contributed by atoms with E-state index in [1.54, 1.807) is 24.0 Å². The summed E-state index contributed by atoms with van der Waals surface area (Å²) in [6.45, 7) is 3.37. The van der Waals surface area contributed by atoms with Gasteiger partial charge in [-0.25, -0.2) is 9.59 Å². The molecule has 2 amide bonds. The topological polar surface area (TPSA) is 97.3 Å². The molecule has 0 aliphatic heterocycles. The fraction of sp³-hybridized carbons (Fsp3) is 0.257. The first-order chi connectivity index (χ1) is 21.0. The highest BCUT2D eigenvalue weighted by Crippen LogP contribution is 2.23. The monoisotopic (exact) mass is 582 g/mol. The Morgan fingerprint density at radius 2 is 1.40 bits per heavy atom. The lowest BCUT2D eigenvalue weighted by Crippen LogP contribution is -2.38. The Balaban J connectivity index is 1.32. The number of amides is 2. The van der Waals surface area contributed by atoms with Crippen molar-refractivity contribution in [1.82, 2.24) is 4.90 Å². The van der Waals surface area contributed by atoms with E-state index in [2.05, 4.69) is 17.4 Å². The molecule has 0 saturated carbocycles. The minimum atomic E-state index is -0.982. The van der Waals surface area contributed by atoms with Crippen molar-refractivity contribution in [3.05, 3.63) is 120 Å². The van der Waals surface area contributed by atoms with E-state index in [4.69, 9.17) is 14.2 Å². The number of hydrogen-bond donors (Lipinski definition) is 2. The zero-order valence-corrected chi connectivity index (χ0v) is 24.4. The maximum absolute atomic E-state index is 13.3. The maximum atomic E-state index is 13.3. The van der Waals surface area contributed by atoms with E-state index in [1.807, 2.05) is 84.9 Å². The summed E-state index contributed by atoms with van der Waals surface area (Å²) in [7, 11) is 0. The van der Waals surface area contributed by atoms with Crippen LogP contribution in [0.25, 0.3) is 0 Å². The number of carboxylic acids is 1. The Hall–Kier alpha value is -4.82. The highest BCUT2D eigenvalue weighted by atomic mass is 16.5. The van der Waals surface area contributed by atoms with Gasteiger partial charge in [0.25, 0.3) is 0 Å². The molecule has 1 atom stereocenters. The van der Waals surface area contributed by atoms with Gasteiger partial charge < -0.3 is 29.5 Å². The summed E-state index contributed by atoms with van der Waals surface area (Å²) >= 11 is 0. The van der Waals surface area contributed by atoms with Crippen molar-refractivity contribution in [1.29, 1.82) is 0 Å². The van der Waals surface area contributed by atoms with Crippen LogP contribution < -0.4 is 14.8 Å². The van der Waals surface area contributed by atoms with Crippen molar-refractivity contribution >= 4 is 17.7 Å². The molecule has 43 heavy (non-hydrogen) atoms. The van der Waals surface area contributed by atoms with Gasteiger partial charge in [0.1, 0.15) is 23.9 Å². The molecule has 8 nitrogen and oxygen atoms in total. The zero-order chi connectivity index (χ0) is 30.3. The second-order valence-corrected chi connectivity index (χ2v) is 9.92. The molecule has 8 heteroatoms. The molecule has 2 N–H and O–H groups in total. The number of benzene rings is 4. The van der Waals surface area contributed by atoms with Gasteiger partial charge >= 0.3 is 12.0 Å². The molecule has 0 saturated heterocycles. The van der Waals surface area contributed by atoms with Gasteiger partial charge in [-0.15, -0.1) is 0 Å². The number of carbonyl (C=O) groups is 2. The van der Waals surface area contributed by atoms with Crippen molar-refractivity contribution in [3.8, 4) is 17.2 Å². The number of para-hydroxylation sites is 1. The first kappa shape index (κ1) is 31.1. The Morgan fingerprint density at radius 3 is 2.05 bits per heavy atom.